The number of carboxylic acids is 1. The molecule has 27 heavy (non-hydrogen) atoms. The minimum absolute atomic E-state index is 0.0855. The fourth-order valence-corrected chi connectivity index (χ4v) is 3.84. The molecule has 1 heterocycles. The lowest BCUT2D eigenvalue weighted by Gasteiger charge is -2.14. The Morgan fingerprint density at radius 2 is 1.96 bits per heavy atom. The van der Waals surface area contributed by atoms with Crippen molar-refractivity contribution < 1.29 is 24.2 Å². The van der Waals surface area contributed by atoms with Crippen molar-refractivity contribution in [2.45, 2.75) is 0 Å². The minimum Gasteiger partial charge on any atom is -0.497 e. The van der Waals surface area contributed by atoms with Crippen molar-refractivity contribution in [1.82, 2.24) is 0 Å². The fourth-order valence-electron chi connectivity index (χ4n) is 2.55. The van der Waals surface area contributed by atoms with Crippen LogP contribution >= 0.6 is 24.0 Å². The number of ether oxygens (including phenoxy) is 2. The molecule has 8 heteroatoms. The number of amides is 1. The molecular weight excluding hydrogens is 386 g/mol. The molecule has 0 aliphatic carbocycles. The van der Waals surface area contributed by atoms with Crippen molar-refractivity contribution in [3.8, 4) is 11.5 Å². The van der Waals surface area contributed by atoms with Gasteiger partial charge < -0.3 is 14.6 Å². The van der Waals surface area contributed by atoms with E-state index in [4.69, 9.17) is 26.8 Å². The van der Waals surface area contributed by atoms with Crippen LogP contribution in [-0.4, -0.2) is 35.5 Å². The van der Waals surface area contributed by atoms with E-state index in [0.29, 0.717) is 32.0 Å². The van der Waals surface area contributed by atoms with E-state index in [9.17, 15) is 9.59 Å². The van der Waals surface area contributed by atoms with Gasteiger partial charge in [0, 0.05) is 11.6 Å². The van der Waals surface area contributed by atoms with Crippen molar-refractivity contribution in [1.29, 1.82) is 0 Å². The maximum absolute atomic E-state index is 12.9. The van der Waals surface area contributed by atoms with E-state index in [1.165, 1.54) is 24.1 Å². The molecule has 2 aromatic carbocycles. The van der Waals surface area contributed by atoms with E-state index in [-0.39, 0.29) is 11.5 Å². The van der Waals surface area contributed by atoms with E-state index in [0.717, 1.165) is 11.8 Å². The number of anilines is 1. The maximum atomic E-state index is 12.9. The summed E-state index contributed by atoms with van der Waals surface area (Å²) in [4.78, 5) is 25.8. The fraction of sp³-hybridized carbons (Fsp3) is 0.105. The summed E-state index contributed by atoms with van der Waals surface area (Å²) in [6, 6.07) is 11.4. The monoisotopic (exact) mass is 401 g/mol. The second-order valence-electron chi connectivity index (χ2n) is 5.48. The largest absolute Gasteiger partial charge is 0.497 e. The Labute approximate surface area is 165 Å². The highest BCUT2D eigenvalue weighted by Crippen LogP contribution is 2.37. The molecule has 1 aliphatic rings. The zero-order chi connectivity index (χ0) is 19.6. The van der Waals surface area contributed by atoms with Crippen LogP contribution in [0.2, 0.25) is 0 Å². The third-order valence-electron chi connectivity index (χ3n) is 3.87. The first-order valence-electron chi connectivity index (χ1n) is 7.78. The molecule has 0 saturated carbocycles. The Morgan fingerprint density at radius 1 is 1.19 bits per heavy atom. The molecule has 0 atom stereocenters. The number of nitrogens with zero attached hydrogens (tertiary/aromatic N) is 1. The number of carbonyl (C=O) groups is 2. The summed E-state index contributed by atoms with van der Waals surface area (Å²) in [6.45, 7) is 0. The summed E-state index contributed by atoms with van der Waals surface area (Å²) < 4.78 is 10.9. The molecule has 138 valence electrons. The number of hydrogen-bond donors (Lipinski definition) is 1. The number of methoxy groups -OCH3 is 2. The molecule has 1 amide bonds. The second kappa shape index (κ2) is 7.81. The number of carbonyl (C=O) groups excluding carboxylic acids is 1. The molecule has 0 unspecified atom stereocenters. The lowest BCUT2D eigenvalue weighted by Crippen LogP contribution is -2.27. The summed E-state index contributed by atoms with van der Waals surface area (Å²) >= 11 is 6.48. The minimum atomic E-state index is -1.07. The van der Waals surface area contributed by atoms with Gasteiger partial charge in [0.2, 0.25) is 0 Å². The number of rotatable bonds is 5. The lowest BCUT2D eigenvalue weighted by atomic mass is 10.1. The van der Waals surface area contributed by atoms with E-state index in [1.54, 1.807) is 43.5 Å². The van der Waals surface area contributed by atoms with Crippen LogP contribution in [0, 0.1) is 0 Å². The normalized spacial score (nSPS) is 15.3. The number of benzene rings is 2. The third-order valence-corrected chi connectivity index (χ3v) is 5.17. The Hall–Kier alpha value is -2.84. The van der Waals surface area contributed by atoms with Crippen molar-refractivity contribution in [2.75, 3.05) is 19.1 Å². The number of carboxylic acid groups (broad SMARTS) is 1. The molecule has 0 aromatic heterocycles. The summed E-state index contributed by atoms with van der Waals surface area (Å²) in [5, 5.41) is 9.15. The lowest BCUT2D eigenvalue weighted by molar-refractivity contribution is -0.113. The molecule has 2 aromatic rings. The van der Waals surface area contributed by atoms with Crippen molar-refractivity contribution in [3.63, 3.8) is 0 Å². The predicted molar refractivity (Wildman–Crippen MR) is 109 cm³/mol. The highest BCUT2D eigenvalue weighted by Gasteiger charge is 2.33. The van der Waals surface area contributed by atoms with E-state index < -0.39 is 5.97 Å². The van der Waals surface area contributed by atoms with Gasteiger partial charge >= 0.3 is 5.97 Å². The molecule has 0 spiro atoms. The van der Waals surface area contributed by atoms with Crippen LogP contribution in [0.4, 0.5) is 5.69 Å². The van der Waals surface area contributed by atoms with E-state index >= 15 is 0 Å². The summed E-state index contributed by atoms with van der Waals surface area (Å²) in [6.07, 6.45) is 1.69. The van der Waals surface area contributed by atoms with Gasteiger partial charge in [0.15, 0.2) is 4.32 Å². The van der Waals surface area contributed by atoms with Gasteiger partial charge in [0.25, 0.3) is 5.91 Å². The quantitative estimate of drug-likeness (QED) is 0.603. The van der Waals surface area contributed by atoms with Crippen molar-refractivity contribution in [3.05, 3.63) is 58.5 Å². The maximum Gasteiger partial charge on any atom is 0.335 e. The molecular formula is C19H15NO5S2. The van der Waals surface area contributed by atoms with Gasteiger partial charge in [-0.25, -0.2) is 4.79 Å². The molecule has 1 aliphatic heterocycles. The van der Waals surface area contributed by atoms with Crippen LogP contribution in [0.3, 0.4) is 0 Å². The van der Waals surface area contributed by atoms with Crippen LogP contribution in [0.1, 0.15) is 15.9 Å². The number of hydrogen-bond acceptors (Lipinski definition) is 6. The van der Waals surface area contributed by atoms with Gasteiger partial charge in [-0.05, 0) is 36.4 Å². The first-order valence-corrected chi connectivity index (χ1v) is 9.00. The van der Waals surface area contributed by atoms with Gasteiger partial charge in [0.1, 0.15) is 11.5 Å². The Balaban J connectivity index is 1.96. The van der Waals surface area contributed by atoms with Gasteiger partial charge in [-0.15, -0.1) is 0 Å². The molecule has 0 bridgehead atoms. The Kier molecular flexibility index (Phi) is 5.48. The highest BCUT2D eigenvalue weighted by molar-refractivity contribution is 8.27. The number of aromatic carboxylic acids is 1. The molecule has 1 fully saturated rings. The molecule has 3 rings (SSSR count). The van der Waals surface area contributed by atoms with Gasteiger partial charge in [-0.2, -0.15) is 0 Å². The molecule has 6 nitrogen and oxygen atoms in total. The van der Waals surface area contributed by atoms with Crippen molar-refractivity contribution in [2.24, 2.45) is 0 Å². The molecule has 1 saturated heterocycles. The third kappa shape index (κ3) is 3.81. The predicted octanol–water partition coefficient (Wildman–Crippen LogP) is 3.81. The second-order valence-corrected chi connectivity index (χ2v) is 7.16. The zero-order valence-corrected chi connectivity index (χ0v) is 16.1. The Morgan fingerprint density at radius 3 is 2.63 bits per heavy atom. The summed E-state index contributed by atoms with van der Waals surface area (Å²) in [7, 11) is 3.10. The highest BCUT2D eigenvalue weighted by atomic mass is 32.2. The van der Waals surface area contributed by atoms with Crippen LogP contribution in [0.15, 0.2) is 47.4 Å². The van der Waals surface area contributed by atoms with Crippen LogP contribution in [-0.2, 0) is 4.79 Å². The average molecular weight is 401 g/mol. The van der Waals surface area contributed by atoms with Gasteiger partial charge in [-0.3, -0.25) is 9.69 Å². The smallest absolute Gasteiger partial charge is 0.335 e. The van der Waals surface area contributed by atoms with E-state index in [1.807, 2.05) is 0 Å². The Bertz CT molecular complexity index is 970. The average Bonchev–Trinajstić information content (AvgIpc) is 2.95. The summed E-state index contributed by atoms with van der Waals surface area (Å²) in [5.41, 5.74) is 1.21. The SMILES string of the molecule is COc1ccc(/C=C2/SC(=S)N(c3cccc(C(=O)O)c3)C2=O)c(OC)c1. The first-order chi connectivity index (χ1) is 12.9. The van der Waals surface area contributed by atoms with Crippen LogP contribution in [0.5, 0.6) is 11.5 Å². The standard InChI is InChI=1S/C19H15NO5S2/c1-24-14-7-6-11(15(10-14)25-2)9-16-17(21)20(19(26)27-16)13-5-3-4-12(8-13)18(22)23/h3-10H,1-2H3,(H,22,23)/b16-9+. The van der Waals surface area contributed by atoms with Gasteiger partial charge in [-0.1, -0.05) is 30.0 Å². The van der Waals surface area contributed by atoms with Crippen LogP contribution < -0.4 is 14.4 Å². The number of thiocarbonyl (C=S) groups is 1. The van der Waals surface area contributed by atoms with E-state index in [2.05, 4.69) is 0 Å². The first kappa shape index (κ1) is 18.9. The molecule has 0 radical (unpaired) electrons. The summed E-state index contributed by atoms with van der Waals surface area (Å²) in [5.74, 6) is -0.180. The topological polar surface area (TPSA) is 76.1 Å². The van der Waals surface area contributed by atoms with Gasteiger partial charge in [0.05, 0.1) is 30.4 Å². The number of thioether (sulfide) groups is 1. The zero-order valence-electron chi connectivity index (χ0n) is 14.5. The van der Waals surface area contributed by atoms with Crippen molar-refractivity contribution >= 4 is 51.9 Å². The van der Waals surface area contributed by atoms with Crippen LogP contribution in [0.25, 0.3) is 6.08 Å². The molecule has 1 N–H and O–H groups in total.